The van der Waals surface area contributed by atoms with Crippen LogP contribution in [-0.4, -0.2) is 46.4 Å². The molecule has 0 aromatic heterocycles. The van der Waals surface area contributed by atoms with Gasteiger partial charge in [-0.2, -0.15) is 0 Å². The molecule has 0 atom stereocenters. The fourth-order valence-corrected chi connectivity index (χ4v) is 9.15. The molecule has 0 aromatic rings. The molecule has 0 spiro atoms. The molecular weight excluding hydrogens is 342 g/mol. The molecule has 0 rings (SSSR count). The Hall–Kier alpha value is 0.884. The van der Waals surface area contributed by atoms with Gasteiger partial charge in [0.15, 0.2) is 0 Å². The smallest absolute Gasteiger partial charge is 0.147 e. The molecule has 0 unspecified atom stereocenters. The number of hydrogen-bond acceptors (Lipinski definition) is 3. The molecule has 0 heterocycles. The second-order valence-corrected chi connectivity index (χ2v) is 11.4. The molecule has 0 aliphatic carbocycles. The molecule has 0 saturated carbocycles. The van der Waals surface area contributed by atoms with E-state index in [2.05, 4.69) is 93.2 Å². The number of nitrogens with zero attached hydrogens (tertiary/aromatic N) is 3. The van der Waals surface area contributed by atoms with Crippen molar-refractivity contribution in [2.45, 2.75) is 119 Å². The average Bonchev–Trinajstić information content (AvgIpc) is 2.24. The first-order chi connectivity index (χ1) is 9.93. The van der Waals surface area contributed by atoms with Crippen molar-refractivity contribution in [1.29, 1.82) is 0 Å². The number of halogens is 1. The standard InChI is InChI=1S/3C6H14N.ClH.Ti/c3*1-5(2)7-6(3)4;;/h3*5-6H,1-4H3;1H;/q3*-1;;+3. The van der Waals surface area contributed by atoms with Gasteiger partial charge in [0.05, 0.1) is 0 Å². The zero-order chi connectivity index (χ0) is 17.8. The van der Waals surface area contributed by atoms with E-state index in [0.29, 0.717) is 36.3 Å². The van der Waals surface area contributed by atoms with Gasteiger partial charge in [-0.15, -0.1) is 12.4 Å². The van der Waals surface area contributed by atoms with E-state index in [-0.39, 0.29) is 12.4 Å². The van der Waals surface area contributed by atoms with E-state index in [4.69, 9.17) is 0 Å². The average molecular weight is 385 g/mol. The molecule has 0 aliphatic rings. The zero-order valence-electron chi connectivity index (χ0n) is 17.7. The molecule has 3 nitrogen and oxygen atoms in total. The van der Waals surface area contributed by atoms with Crippen LogP contribution in [0.25, 0.3) is 0 Å². The van der Waals surface area contributed by atoms with E-state index in [1.807, 2.05) is 0 Å². The molecule has 0 radical (unpaired) electrons. The van der Waals surface area contributed by atoms with E-state index in [9.17, 15) is 0 Å². The monoisotopic (exact) mass is 384 g/mol. The van der Waals surface area contributed by atoms with E-state index in [1.165, 1.54) is 0 Å². The van der Waals surface area contributed by atoms with Crippen LogP contribution in [-0.2, 0) is 18.6 Å². The minimum Gasteiger partial charge on any atom is -0.147 e. The summed E-state index contributed by atoms with van der Waals surface area (Å²) in [5.74, 6) is 0. The summed E-state index contributed by atoms with van der Waals surface area (Å²) >= 11 is -1.78. The Labute approximate surface area is 160 Å². The van der Waals surface area contributed by atoms with Crippen molar-refractivity contribution in [3.63, 3.8) is 0 Å². The van der Waals surface area contributed by atoms with Crippen molar-refractivity contribution in [2.24, 2.45) is 0 Å². The number of rotatable bonds is 9. The first-order valence-corrected chi connectivity index (χ1v) is 11.2. The Morgan fingerprint density at radius 2 is 0.522 bits per heavy atom. The summed E-state index contributed by atoms with van der Waals surface area (Å²) in [4.78, 5) is 0. The first-order valence-electron chi connectivity index (χ1n) is 9.15. The molecular formula is C18H43ClN3Ti. The van der Waals surface area contributed by atoms with Crippen LogP contribution < -0.4 is 0 Å². The normalized spacial score (nSPS) is 12.9. The van der Waals surface area contributed by atoms with Gasteiger partial charge >= 0.3 is 148 Å². The van der Waals surface area contributed by atoms with Crippen molar-refractivity contribution in [3.05, 3.63) is 0 Å². The minimum absolute atomic E-state index is 0. The summed E-state index contributed by atoms with van der Waals surface area (Å²) in [6.45, 7) is 28.4. The van der Waals surface area contributed by atoms with Crippen LogP contribution in [0.5, 0.6) is 0 Å². The first kappa shape index (κ1) is 26.1. The van der Waals surface area contributed by atoms with E-state index in [0.717, 1.165) is 0 Å². The van der Waals surface area contributed by atoms with Gasteiger partial charge in [0.25, 0.3) is 0 Å². The molecule has 23 heavy (non-hydrogen) atoms. The Morgan fingerprint density at radius 1 is 0.391 bits per heavy atom. The molecule has 0 aromatic carbocycles. The van der Waals surface area contributed by atoms with Crippen molar-refractivity contribution in [3.8, 4) is 0 Å². The molecule has 141 valence electrons. The summed E-state index contributed by atoms with van der Waals surface area (Å²) in [6, 6.07) is 3.56. The number of hydrogen-bond donors (Lipinski definition) is 0. The van der Waals surface area contributed by atoms with Crippen molar-refractivity contribution in [1.82, 2.24) is 10.1 Å². The van der Waals surface area contributed by atoms with Crippen LogP contribution >= 0.6 is 12.4 Å². The van der Waals surface area contributed by atoms with Crippen LogP contribution in [0.3, 0.4) is 0 Å². The summed E-state index contributed by atoms with van der Waals surface area (Å²) < 4.78 is 8.50. The third-order valence-corrected chi connectivity index (χ3v) is 11.0. The van der Waals surface area contributed by atoms with Gasteiger partial charge in [-0.3, -0.25) is 0 Å². The van der Waals surface area contributed by atoms with E-state index < -0.39 is 18.6 Å². The fourth-order valence-electron chi connectivity index (χ4n) is 3.57. The largest absolute Gasteiger partial charge is 0.147 e. The Balaban J connectivity index is 0. The summed E-state index contributed by atoms with van der Waals surface area (Å²) in [5.41, 5.74) is 0. The van der Waals surface area contributed by atoms with Crippen molar-refractivity contribution >= 4 is 12.4 Å². The molecule has 0 aliphatic heterocycles. The second kappa shape index (κ2) is 11.5. The van der Waals surface area contributed by atoms with Gasteiger partial charge in [-0.25, -0.2) is 0 Å². The van der Waals surface area contributed by atoms with Gasteiger partial charge in [-0.1, -0.05) is 0 Å². The fraction of sp³-hybridized carbons (Fsp3) is 1.00. The zero-order valence-corrected chi connectivity index (χ0v) is 20.1. The second-order valence-electron chi connectivity index (χ2n) is 8.08. The predicted octanol–water partition coefficient (Wildman–Crippen LogP) is 5.13. The van der Waals surface area contributed by atoms with E-state index >= 15 is 0 Å². The molecule has 5 heteroatoms. The Kier molecular flexibility index (Phi) is 13.0. The summed E-state index contributed by atoms with van der Waals surface area (Å²) in [5, 5.41) is 0. The van der Waals surface area contributed by atoms with Crippen LogP contribution in [0.2, 0.25) is 0 Å². The van der Waals surface area contributed by atoms with Gasteiger partial charge < -0.3 is 0 Å². The van der Waals surface area contributed by atoms with Crippen LogP contribution in [0, 0.1) is 0 Å². The summed E-state index contributed by atoms with van der Waals surface area (Å²) in [6.07, 6.45) is 0. The van der Waals surface area contributed by atoms with Crippen LogP contribution in [0.1, 0.15) is 83.1 Å². The topological polar surface area (TPSA) is 9.72 Å². The quantitative estimate of drug-likeness (QED) is 0.510. The minimum atomic E-state index is -1.78. The van der Waals surface area contributed by atoms with Gasteiger partial charge in [0.1, 0.15) is 0 Å². The van der Waals surface area contributed by atoms with Gasteiger partial charge in [-0.05, 0) is 0 Å². The molecule has 0 amide bonds. The molecule has 0 fully saturated rings. The van der Waals surface area contributed by atoms with E-state index in [1.54, 1.807) is 0 Å². The summed E-state index contributed by atoms with van der Waals surface area (Å²) in [7, 11) is 0. The maximum Gasteiger partial charge on any atom is -0.147 e. The third-order valence-electron chi connectivity index (χ3n) is 4.03. The maximum absolute atomic E-state index is 2.83. The van der Waals surface area contributed by atoms with Gasteiger partial charge in [0, 0.05) is 0 Å². The molecule has 0 N–H and O–H groups in total. The van der Waals surface area contributed by atoms with Gasteiger partial charge in [0.2, 0.25) is 0 Å². The van der Waals surface area contributed by atoms with Crippen LogP contribution in [0.15, 0.2) is 0 Å². The van der Waals surface area contributed by atoms with Crippen molar-refractivity contribution < 1.29 is 18.6 Å². The third kappa shape index (κ3) is 7.34. The molecule has 0 saturated heterocycles. The van der Waals surface area contributed by atoms with Crippen molar-refractivity contribution in [2.75, 3.05) is 0 Å². The Bertz CT molecular complexity index is 235. The maximum atomic E-state index is 2.83. The Morgan fingerprint density at radius 3 is 0.609 bits per heavy atom. The van der Waals surface area contributed by atoms with Crippen LogP contribution in [0.4, 0.5) is 0 Å². The predicted molar refractivity (Wildman–Crippen MR) is 104 cm³/mol. The molecule has 0 bridgehead atoms. The SMILES string of the molecule is CC(C)[N](C(C)C)[Ti]([N](C(C)C)C(C)C)[N](C(C)C)C(C)C.Cl.